The van der Waals surface area contributed by atoms with Crippen molar-refractivity contribution in [3.05, 3.63) is 99.6 Å². The second-order valence-electron chi connectivity index (χ2n) is 14.6. The van der Waals surface area contributed by atoms with Gasteiger partial charge in [0.15, 0.2) is 5.78 Å². The lowest BCUT2D eigenvalue weighted by molar-refractivity contribution is -0.193. The van der Waals surface area contributed by atoms with E-state index >= 15 is 0 Å². The van der Waals surface area contributed by atoms with Gasteiger partial charge in [-0.05, 0) is 55.3 Å². The number of amidine groups is 1. The lowest BCUT2D eigenvalue weighted by atomic mass is 10.0. The van der Waals surface area contributed by atoms with Gasteiger partial charge in [-0.3, -0.25) is 24.3 Å². The minimum atomic E-state index is -5.08. The van der Waals surface area contributed by atoms with E-state index in [9.17, 15) is 40.7 Å². The van der Waals surface area contributed by atoms with Crippen LogP contribution in [-0.2, 0) is 27.5 Å². The summed E-state index contributed by atoms with van der Waals surface area (Å²) >= 11 is 6.07. The first-order chi connectivity index (χ1) is 28.5. The van der Waals surface area contributed by atoms with Gasteiger partial charge in [0.2, 0.25) is 5.91 Å². The highest BCUT2D eigenvalue weighted by Crippen LogP contribution is 2.30. The van der Waals surface area contributed by atoms with Crippen LogP contribution in [0.25, 0.3) is 0 Å². The van der Waals surface area contributed by atoms with Gasteiger partial charge in [-0.15, -0.1) is 0 Å². The molecule has 61 heavy (non-hydrogen) atoms. The molecule has 3 aromatic carbocycles. The number of rotatable bonds is 9. The Morgan fingerprint density at radius 3 is 1.85 bits per heavy atom. The fourth-order valence-electron chi connectivity index (χ4n) is 6.55. The average molecular weight is 883 g/mol. The highest BCUT2D eigenvalue weighted by Gasteiger charge is 2.39. The maximum Gasteiger partial charge on any atom is 0.490 e. The maximum atomic E-state index is 14.0. The molecule has 2 N–H and O–H groups in total. The number of nitrogens with zero attached hydrogens (tertiary/aromatic N) is 6. The predicted octanol–water partition coefficient (Wildman–Crippen LogP) is 6.09. The molecule has 1 saturated heterocycles. The molecule has 3 heterocycles. The number of alkyl halides is 6. The summed E-state index contributed by atoms with van der Waals surface area (Å²) < 4.78 is 63.5. The molecule has 0 saturated carbocycles. The van der Waals surface area contributed by atoms with Gasteiger partial charge in [-0.1, -0.05) is 48.0 Å². The van der Waals surface area contributed by atoms with Crippen molar-refractivity contribution in [2.75, 3.05) is 64.3 Å². The molecule has 20 heteroatoms. The van der Waals surface area contributed by atoms with Crippen LogP contribution in [0.1, 0.15) is 57.7 Å². The number of anilines is 1. The van der Waals surface area contributed by atoms with E-state index in [0.29, 0.717) is 47.4 Å². The van der Waals surface area contributed by atoms with E-state index in [0.717, 1.165) is 61.8 Å². The van der Waals surface area contributed by atoms with Crippen LogP contribution in [0.15, 0.2) is 71.7 Å². The first kappa shape index (κ1) is 48.1. The summed E-state index contributed by atoms with van der Waals surface area (Å²) in [6, 6.07) is 20.9. The topological polar surface area (TPSA) is 154 Å². The molecule has 0 unspecified atom stereocenters. The van der Waals surface area contributed by atoms with Gasteiger partial charge >= 0.3 is 24.3 Å². The van der Waals surface area contributed by atoms with Crippen molar-refractivity contribution >= 4 is 52.7 Å². The van der Waals surface area contributed by atoms with Gasteiger partial charge < -0.3 is 29.8 Å². The summed E-state index contributed by atoms with van der Waals surface area (Å²) in [6.45, 7) is 11.3. The Bertz CT molecular complexity index is 2050. The van der Waals surface area contributed by atoms with Gasteiger partial charge in [-0.2, -0.15) is 26.3 Å². The third-order valence-corrected chi connectivity index (χ3v) is 10.2. The summed E-state index contributed by atoms with van der Waals surface area (Å²) in [7, 11) is 2.04. The number of aliphatic imine (C=N–C) groups is 1. The predicted molar refractivity (Wildman–Crippen MR) is 214 cm³/mol. The van der Waals surface area contributed by atoms with E-state index in [1.807, 2.05) is 49.5 Å². The van der Waals surface area contributed by atoms with Crippen LogP contribution in [-0.4, -0.2) is 143 Å². The molecule has 1 fully saturated rings. The van der Waals surface area contributed by atoms with Gasteiger partial charge in [0, 0.05) is 92.7 Å². The number of aliphatic carboxylic acids is 2. The minimum Gasteiger partial charge on any atom is -0.475 e. The largest absolute Gasteiger partial charge is 0.490 e. The van der Waals surface area contributed by atoms with Crippen LogP contribution in [0.2, 0.25) is 5.02 Å². The molecule has 330 valence electrons. The van der Waals surface area contributed by atoms with Crippen molar-refractivity contribution in [1.82, 2.24) is 19.6 Å². The number of likely N-dealkylation sites (N-methyl/N-ethyl adjacent to an activating group) is 1. The number of hydrogen-bond donors (Lipinski definition) is 2. The van der Waals surface area contributed by atoms with Crippen LogP contribution in [0.4, 0.5) is 32.0 Å². The number of amides is 2. The molecule has 0 aromatic heterocycles. The second-order valence-corrected chi connectivity index (χ2v) is 15.0. The number of carbonyl (C=O) groups excluding carboxylic acids is 3. The van der Waals surface area contributed by atoms with Crippen LogP contribution in [0, 0.1) is 0 Å². The highest BCUT2D eigenvalue weighted by atomic mass is 35.5. The number of Topliss-reactive ketones (excluding diaryl/α,β-unsaturated/α-hetero) is 1. The molecule has 0 aliphatic carbocycles. The fraction of sp³-hybridized carbons (Fsp3) is 0.415. The number of hydrogen-bond acceptors (Lipinski definition) is 9. The zero-order valence-electron chi connectivity index (χ0n) is 33.5. The molecule has 3 aliphatic heterocycles. The molecule has 13 nitrogen and oxygen atoms in total. The number of carbonyl (C=O) groups is 5. The van der Waals surface area contributed by atoms with Gasteiger partial charge in [0.25, 0.3) is 5.91 Å². The van der Waals surface area contributed by atoms with Gasteiger partial charge in [0.1, 0.15) is 12.4 Å². The summed E-state index contributed by atoms with van der Waals surface area (Å²) in [6.07, 6.45) is -9.75. The second kappa shape index (κ2) is 20.8. The average Bonchev–Trinajstić information content (AvgIpc) is 3.58. The smallest absolute Gasteiger partial charge is 0.475 e. The van der Waals surface area contributed by atoms with Crippen LogP contribution in [0.3, 0.4) is 0 Å². The highest BCUT2D eigenvalue weighted by molar-refractivity contribution is 6.30. The van der Waals surface area contributed by atoms with E-state index in [1.54, 1.807) is 34.1 Å². The maximum absolute atomic E-state index is 14.0. The lowest BCUT2D eigenvalue weighted by Gasteiger charge is -2.36. The third-order valence-electron chi connectivity index (χ3n) is 9.95. The number of halogens is 7. The fourth-order valence-corrected chi connectivity index (χ4v) is 6.68. The van der Waals surface area contributed by atoms with Crippen molar-refractivity contribution in [3.63, 3.8) is 0 Å². The van der Waals surface area contributed by atoms with Crippen LogP contribution in [0.5, 0.6) is 0 Å². The van der Waals surface area contributed by atoms with E-state index < -0.39 is 24.3 Å². The number of ketones is 1. The van der Waals surface area contributed by atoms with Crippen molar-refractivity contribution in [2.45, 2.75) is 51.8 Å². The van der Waals surface area contributed by atoms with E-state index in [1.165, 1.54) is 0 Å². The van der Waals surface area contributed by atoms with Gasteiger partial charge in [0.05, 0.1) is 13.1 Å². The Labute approximate surface area is 352 Å². The molecule has 0 spiro atoms. The molecule has 6 rings (SSSR count). The van der Waals surface area contributed by atoms with Crippen molar-refractivity contribution in [3.8, 4) is 0 Å². The quantitative estimate of drug-likeness (QED) is 0.191. The molecule has 2 amide bonds. The summed E-state index contributed by atoms with van der Waals surface area (Å²) in [5.74, 6) is -4.95. The zero-order valence-corrected chi connectivity index (χ0v) is 34.2. The van der Waals surface area contributed by atoms with Crippen LogP contribution >= 0.6 is 11.6 Å². The SMILES string of the molecule is CC(C)N1CCN(CCC(=O)c2ccc3c(c2)N(Cc2ccc(C4=NCCN4C)cc2)C(=O)CN(C(=O)c2ccc(Cl)cc2)C3)CC1.O=C(O)C(F)(F)F.O=C(O)C(F)(F)F. The summed E-state index contributed by atoms with van der Waals surface area (Å²) in [5.41, 5.74) is 4.52. The molecular formula is C41H45ClF6N6O7. The van der Waals surface area contributed by atoms with Crippen molar-refractivity contribution in [1.29, 1.82) is 0 Å². The first-order valence-corrected chi connectivity index (χ1v) is 19.4. The third kappa shape index (κ3) is 13.7. The number of benzene rings is 3. The summed E-state index contributed by atoms with van der Waals surface area (Å²) in [5, 5.41) is 14.8. The molecule has 3 aliphatic rings. The number of carboxylic acid groups (broad SMARTS) is 2. The monoisotopic (exact) mass is 882 g/mol. The number of carboxylic acids is 2. The normalized spacial score (nSPS) is 16.1. The van der Waals surface area contributed by atoms with E-state index in [-0.39, 0.29) is 30.7 Å². The Balaban J connectivity index is 0.000000504. The van der Waals surface area contributed by atoms with E-state index in [4.69, 9.17) is 31.4 Å². The summed E-state index contributed by atoms with van der Waals surface area (Å²) in [4.78, 5) is 73.7. The number of piperazine rings is 1. The zero-order chi connectivity index (χ0) is 45.2. The van der Waals surface area contributed by atoms with Crippen LogP contribution < -0.4 is 4.90 Å². The Morgan fingerprint density at radius 2 is 1.34 bits per heavy atom. The first-order valence-electron chi connectivity index (χ1n) is 19.0. The van der Waals surface area contributed by atoms with Crippen molar-refractivity contribution in [2.24, 2.45) is 4.99 Å². The van der Waals surface area contributed by atoms with Gasteiger partial charge in [-0.25, -0.2) is 9.59 Å². The Kier molecular flexibility index (Phi) is 16.4. The molecule has 0 atom stereocenters. The van der Waals surface area contributed by atoms with Crippen molar-refractivity contribution < 1.29 is 60.5 Å². The molecular weight excluding hydrogens is 838 g/mol. The molecule has 0 bridgehead atoms. The molecule has 3 aromatic rings. The lowest BCUT2D eigenvalue weighted by Crippen LogP contribution is -2.49. The minimum absolute atomic E-state index is 0.0515. The Hall–Kier alpha value is -5.53. The molecule has 0 radical (unpaired) electrons. The van der Waals surface area contributed by atoms with E-state index in [2.05, 4.69) is 33.5 Å². The Morgan fingerprint density at radius 1 is 0.787 bits per heavy atom. The standard InChI is InChI=1S/C37H43ClN6O3.2C2HF3O2/c1-26(2)42-20-18-41(19-21-42)16-14-34(45)30-8-9-31-24-43(37(47)29-10-12-32(38)13-11-29)25-35(46)44(33(31)22-30)23-27-4-6-28(7-5-27)36-39-15-17-40(36)3;2*3-2(4,5)1(6)7/h4-13,22,26H,14-21,23-25H2,1-3H3;2*(H,6,7). The number of fused-ring (bicyclic) bond motifs is 1.